The first kappa shape index (κ1) is 14.9. The van der Waals surface area contributed by atoms with Gasteiger partial charge in [0.15, 0.2) is 5.96 Å². The molecule has 1 saturated heterocycles. The number of guanidine groups is 1. The number of furan rings is 1. The topological polar surface area (TPSA) is 58.8 Å². The lowest BCUT2D eigenvalue weighted by Crippen LogP contribution is -2.47. The molecule has 0 radical (unpaired) electrons. The Hall–Kier alpha value is -1.49. The van der Waals surface area contributed by atoms with Crippen LogP contribution in [0.3, 0.4) is 0 Å². The van der Waals surface area contributed by atoms with Gasteiger partial charge in [0.25, 0.3) is 0 Å². The third-order valence-corrected chi connectivity index (χ3v) is 3.38. The standard InChI is InChI=1S/C15H25N3O2/c1-3-16-15(17-8-6-14-5-4-9-20-14)18-13-7-10-19-12(2)11-13/h4-5,9,12-13H,3,6-8,10-11H2,1-2H3,(H2,16,17,18). The summed E-state index contributed by atoms with van der Waals surface area (Å²) in [4.78, 5) is 4.60. The predicted octanol–water partition coefficient (Wildman–Crippen LogP) is 1.94. The van der Waals surface area contributed by atoms with Crippen molar-refractivity contribution in [1.29, 1.82) is 0 Å². The van der Waals surface area contributed by atoms with Crippen LogP contribution in [0.25, 0.3) is 0 Å². The number of aliphatic imine (C=N–C) groups is 1. The van der Waals surface area contributed by atoms with E-state index < -0.39 is 0 Å². The Morgan fingerprint density at radius 1 is 1.50 bits per heavy atom. The average molecular weight is 279 g/mol. The summed E-state index contributed by atoms with van der Waals surface area (Å²) < 4.78 is 10.9. The molecule has 0 aromatic carbocycles. The molecule has 1 fully saturated rings. The molecule has 0 saturated carbocycles. The molecule has 1 aromatic heterocycles. The van der Waals surface area contributed by atoms with Gasteiger partial charge in [-0.05, 0) is 38.8 Å². The van der Waals surface area contributed by atoms with Gasteiger partial charge in [-0.3, -0.25) is 4.99 Å². The van der Waals surface area contributed by atoms with Crippen LogP contribution < -0.4 is 10.6 Å². The van der Waals surface area contributed by atoms with Crippen LogP contribution in [-0.4, -0.2) is 37.8 Å². The van der Waals surface area contributed by atoms with E-state index in [9.17, 15) is 0 Å². The second-order valence-electron chi connectivity index (χ2n) is 5.14. The van der Waals surface area contributed by atoms with E-state index in [1.165, 1.54) is 0 Å². The smallest absolute Gasteiger partial charge is 0.191 e. The number of nitrogens with zero attached hydrogens (tertiary/aromatic N) is 1. The van der Waals surface area contributed by atoms with Crippen molar-refractivity contribution in [3.63, 3.8) is 0 Å². The van der Waals surface area contributed by atoms with Crippen molar-refractivity contribution in [2.75, 3.05) is 19.7 Å². The first-order valence-electron chi connectivity index (χ1n) is 7.46. The van der Waals surface area contributed by atoms with Crippen molar-refractivity contribution in [1.82, 2.24) is 10.6 Å². The minimum Gasteiger partial charge on any atom is -0.469 e. The fourth-order valence-corrected chi connectivity index (χ4v) is 2.38. The number of nitrogens with one attached hydrogen (secondary N) is 2. The molecule has 0 aliphatic carbocycles. The normalized spacial score (nSPS) is 23.6. The van der Waals surface area contributed by atoms with E-state index in [2.05, 4.69) is 29.5 Å². The van der Waals surface area contributed by atoms with Crippen LogP contribution in [0, 0.1) is 0 Å². The second-order valence-corrected chi connectivity index (χ2v) is 5.14. The van der Waals surface area contributed by atoms with Crippen molar-refractivity contribution in [2.24, 2.45) is 4.99 Å². The van der Waals surface area contributed by atoms with Crippen LogP contribution >= 0.6 is 0 Å². The van der Waals surface area contributed by atoms with E-state index >= 15 is 0 Å². The molecule has 112 valence electrons. The zero-order valence-corrected chi connectivity index (χ0v) is 12.4. The zero-order valence-electron chi connectivity index (χ0n) is 12.4. The van der Waals surface area contributed by atoms with E-state index in [1.54, 1.807) is 6.26 Å². The molecule has 2 unspecified atom stereocenters. The van der Waals surface area contributed by atoms with E-state index in [0.29, 0.717) is 12.1 Å². The van der Waals surface area contributed by atoms with Gasteiger partial charge in [0, 0.05) is 32.2 Å². The predicted molar refractivity (Wildman–Crippen MR) is 80.0 cm³/mol. The maximum absolute atomic E-state index is 5.57. The summed E-state index contributed by atoms with van der Waals surface area (Å²) in [5.74, 6) is 1.86. The van der Waals surface area contributed by atoms with Gasteiger partial charge in [-0.1, -0.05) is 0 Å². The molecule has 2 rings (SSSR count). The Labute approximate surface area is 120 Å². The van der Waals surface area contributed by atoms with Gasteiger partial charge in [-0.25, -0.2) is 0 Å². The van der Waals surface area contributed by atoms with Gasteiger partial charge in [0.1, 0.15) is 5.76 Å². The van der Waals surface area contributed by atoms with Gasteiger partial charge >= 0.3 is 0 Å². The number of hydrogen-bond donors (Lipinski definition) is 2. The first-order chi connectivity index (χ1) is 9.78. The highest BCUT2D eigenvalue weighted by Gasteiger charge is 2.19. The Kier molecular flexibility index (Phi) is 5.92. The fourth-order valence-electron chi connectivity index (χ4n) is 2.38. The van der Waals surface area contributed by atoms with Gasteiger partial charge < -0.3 is 19.8 Å². The molecule has 1 aliphatic heterocycles. The third-order valence-electron chi connectivity index (χ3n) is 3.38. The molecule has 5 nitrogen and oxygen atoms in total. The van der Waals surface area contributed by atoms with Crippen molar-refractivity contribution in [3.8, 4) is 0 Å². The Morgan fingerprint density at radius 2 is 2.40 bits per heavy atom. The lowest BCUT2D eigenvalue weighted by Gasteiger charge is -2.29. The highest BCUT2D eigenvalue weighted by molar-refractivity contribution is 5.80. The van der Waals surface area contributed by atoms with Crippen LogP contribution in [0.1, 0.15) is 32.4 Å². The molecule has 5 heteroatoms. The lowest BCUT2D eigenvalue weighted by molar-refractivity contribution is 0.0165. The largest absolute Gasteiger partial charge is 0.469 e. The molecule has 1 aliphatic rings. The van der Waals surface area contributed by atoms with E-state index in [4.69, 9.17) is 9.15 Å². The van der Waals surface area contributed by atoms with Gasteiger partial charge in [0.05, 0.1) is 12.4 Å². The molecule has 0 amide bonds. The first-order valence-corrected chi connectivity index (χ1v) is 7.46. The highest BCUT2D eigenvalue weighted by atomic mass is 16.5. The number of hydrogen-bond acceptors (Lipinski definition) is 3. The summed E-state index contributed by atoms with van der Waals surface area (Å²) in [5, 5.41) is 6.79. The zero-order chi connectivity index (χ0) is 14.2. The van der Waals surface area contributed by atoms with E-state index in [-0.39, 0.29) is 0 Å². The monoisotopic (exact) mass is 279 g/mol. The summed E-state index contributed by atoms with van der Waals surface area (Å²) >= 11 is 0. The summed E-state index contributed by atoms with van der Waals surface area (Å²) in [6.45, 7) is 6.61. The molecule has 1 aromatic rings. The quantitative estimate of drug-likeness (QED) is 0.639. The van der Waals surface area contributed by atoms with Crippen molar-refractivity contribution in [3.05, 3.63) is 24.2 Å². The Bertz CT molecular complexity index is 403. The molecule has 2 heterocycles. The number of ether oxygens (including phenoxy) is 1. The number of rotatable bonds is 5. The molecule has 20 heavy (non-hydrogen) atoms. The van der Waals surface area contributed by atoms with Crippen molar-refractivity contribution >= 4 is 5.96 Å². The highest BCUT2D eigenvalue weighted by Crippen LogP contribution is 2.12. The molecule has 0 spiro atoms. The SMILES string of the molecule is CCNC(=NCCc1ccco1)NC1CCOC(C)C1. The summed E-state index contributed by atoms with van der Waals surface area (Å²) in [6, 6.07) is 4.34. The average Bonchev–Trinajstić information content (AvgIpc) is 2.92. The maximum atomic E-state index is 5.57. The van der Waals surface area contributed by atoms with Gasteiger partial charge in [0.2, 0.25) is 0 Å². The fraction of sp³-hybridized carbons (Fsp3) is 0.667. The summed E-state index contributed by atoms with van der Waals surface area (Å²) in [5.41, 5.74) is 0. The molecular formula is C15H25N3O2. The van der Waals surface area contributed by atoms with E-state index in [1.807, 2.05) is 12.1 Å². The van der Waals surface area contributed by atoms with Crippen molar-refractivity contribution in [2.45, 2.75) is 45.3 Å². The maximum Gasteiger partial charge on any atom is 0.191 e. The van der Waals surface area contributed by atoms with Gasteiger partial charge in [-0.15, -0.1) is 0 Å². The Balaban J connectivity index is 1.82. The van der Waals surface area contributed by atoms with Crippen LogP contribution in [0.15, 0.2) is 27.8 Å². The molecule has 2 atom stereocenters. The lowest BCUT2D eigenvalue weighted by atomic mass is 10.0. The summed E-state index contributed by atoms with van der Waals surface area (Å²) in [6.07, 6.45) is 4.92. The van der Waals surface area contributed by atoms with Crippen LogP contribution in [0.2, 0.25) is 0 Å². The molecule has 0 bridgehead atoms. The minimum atomic E-state index is 0.326. The molecule has 2 N–H and O–H groups in total. The second kappa shape index (κ2) is 7.94. The molecular weight excluding hydrogens is 254 g/mol. The van der Waals surface area contributed by atoms with Crippen LogP contribution in [0.5, 0.6) is 0 Å². The summed E-state index contributed by atoms with van der Waals surface area (Å²) in [7, 11) is 0. The van der Waals surface area contributed by atoms with Crippen molar-refractivity contribution < 1.29 is 9.15 Å². The van der Waals surface area contributed by atoms with E-state index in [0.717, 1.165) is 50.7 Å². The minimum absolute atomic E-state index is 0.326. The van der Waals surface area contributed by atoms with Gasteiger partial charge in [-0.2, -0.15) is 0 Å². The van der Waals surface area contributed by atoms with Crippen LogP contribution in [0.4, 0.5) is 0 Å². The Morgan fingerprint density at radius 3 is 3.10 bits per heavy atom. The van der Waals surface area contributed by atoms with Crippen LogP contribution in [-0.2, 0) is 11.2 Å². The third kappa shape index (κ3) is 4.89.